The number of aliphatic hydroxyl groups is 1. The second-order valence-corrected chi connectivity index (χ2v) is 5.56. The maximum absolute atomic E-state index is 12.1. The summed E-state index contributed by atoms with van der Waals surface area (Å²) >= 11 is 0. The van der Waals surface area contributed by atoms with Gasteiger partial charge in [-0.25, -0.2) is 4.79 Å². The summed E-state index contributed by atoms with van der Waals surface area (Å²) in [6.45, 7) is 2.44. The van der Waals surface area contributed by atoms with Crippen LogP contribution in [0.1, 0.15) is 17.2 Å². The van der Waals surface area contributed by atoms with E-state index in [9.17, 15) is 4.79 Å². The van der Waals surface area contributed by atoms with Crippen LogP contribution in [0.5, 0.6) is 5.75 Å². The number of carbonyl (C=O) groups excluding carboxylic acids is 1. The molecule has 0 saturated heterocycles. The van der Waals surface area contributed by atoms with Crippen LogP contribution < -0.4 is 15.4 Å². The average molecular weight is 344 g/mol. The summed E-state index contributed by atoms with van der Waals surface area (Å²) in [5.74, 6) is 0.725. The van der Waals surface area contributed by atoms with E-state index in [0.717, 1.165) is 16.9 Å². The predicted molar refractivity (Wildman–Crippen MR) is 97.0 cm³/mol. The molecule has 0 unspecified atom stereocenters. The van der Waals surface area contributed by atoms with Gasteiger partial charge in [0, 0.05) is 12.2 Å². The minimum Gasteiger partial charge on any atom is -0.497 e. The summed E-state index contributed by atoms with van der Waals surface area (Å²) in [4.78, 5) is 12.1. The number of aliphatic hydroxyl groups excluding tert-OH is 1. The van der Waals surface area contributed by atoms with Gasteiger partial charge in [0.25, 0.3) is 0 Å². The second-order valence-electron chi connectivity index (χ2n) is 5.56. The molecule has 0 aliphatic heterocycles. The fraction of sp³-hybridized carbons (Fsp3) is 0.316. The molecule has 0 radical (unpaired) electrons. The molecule has 6 nitrogen and oxygen atoms in total. The van der Waals surface area contributed by atoms with Gasteiger partial charge >= 0.3 is 6.03 Å². The monoisotopic (exact) mass is 344 g/mol. The van der Waals surface area contributed by atoms with Crippen LogP contribution in [0.2, 0.25) is 0 Å². The first-order chi connectivity index (χ1) is 12.1. The van der Waals surface area contributed by atoms with Gasteiger partial charge in [-0.15, -0.1) is 0 Å². The van der Waals surface area contributed by atoms with E-state index >= 15 is 0 Å². The van der Waals surface area contributed by atoms with Crippen LogP contribution in [0.25, 0.3) is 0 Å². The van der Waals surface area contributed by atoms with Gasteiger partial charge in [-0.1, -0.05) is 29.8 Å². The quantitative estimate of drug-likeness (QED) is 0.688. The number of aryl methyl sites for hydroxylation is 1. The molecule has 2 aromatic rings. The van der Waals surface area contributed by atoms with E-state index in [1.54, 1.807) is 31.4 Å². The summed E-state index contributed by atoms with van der Waals surface area (Å²) < 4.78 is 10.7. The zero-order valence-corrected chi connectivity index (χ0v) is 14.5. The van der Waals surface area contributed by atoms with Gasteiger partial charge in [0.05, 0.1) is 26.4 Å². The van der Waals surface area contributed by atoms with Crippen molar-refractivity contribution in [3.05, 3.63) is 59.7 Å². The van der Waals surface area contributed by atoms with Crippen LogP contribution in [0.3, 0.4) is 0 Å². The van der Waals surface area contributed by atoms with Crippen LogP contribution in [0, 0.1) is 6.92 Å². The molecular weight excluding hydrogens is 320 g/mol. The largest absolute Gasteiger partial charge is 0.497 e. The molecule has 0 aliphatic rings. The summed E-state index contributed by atoms with van der Waals surface area (Å²) in [6.07, 6.45) is -0.325. The first-order valence-electron chi connectivity index (χ1n) is 8.10. The van der Waals surface area contributed by atoms with Crippen molar-refractivity contribution >= 4 is 11.7 Å². The molecule has 1 atom stereocenters. The Labute approximate surface area is 147 Å². The molecule has 2 amide bonds. The number of ether oxygens (including phenoxy) is 2. The van der Waals surface area contributed by atoms with Crippen molar-refractivity contribution in [2.75, 3.05) is 32.2 Å². The third kappa shape index (κ3) is 6.10. The molecule has 0 aliphatic carbocycles. The molecular formula is C19H24N2O4. The number of benzene rings is 2. The van der Waals surface area contributed by atoms with Crippen LogP contribution >= 0.6 is 0 Å². The lowest BCUT2D eigenvalue weighted by Crippen LogP contribution is -2.33. The lowest BCUT2D eigenvalue weighted by molar-refractivity contribution is 0.0297. The van der Waals surface area contributed by atoms with E-state index < -0.39 is 0 Å². The standard InChI is InChI=1S/C19H24N2O4/c1-14-3-5-15(6-4-14)18(25-12-11-22)13-20-19(23)21-16-7-9-17(24-2)10-8-16/h3-10,18,22H,11-13H2,1-2H3,(H2,20,21,23)/t18-/m1/s1. The Bertz CT molecular complexity index is 656. The molecule has 0 bridgehead atoms. The summed E-state index contributed by atoms with van der Waals surface area (Å²) in [5, 5.41) is 14.5. The van der Waals surface area contributed by atoms with Crippen molar-refractivity contribution in [1.82, 2.24) is 5.32 Å². The van der Waals surface area contributed by atoms with Crippen molar-refractivity contribution in [3.63, 3.8) is 0 Å². The van der Waals surface area contributed by atoms with Gasteiger partial charge in [-0.3, -0.25) is 0 Å². The number of hydrogen-bond donors (Lipinski definition) is 3. The molecule has 0 aromatic heterocycles. The fourth-order valence-electron chi connectivity index (χ4n) is 2.28. The number of nitrogens with one attached hydrogen (secondary N) is 2. The van der Waals surface area contributed by atoms with E-state index in [1.807, 2.05) is 31.2 Å². The minimum atomic E-state index is -0.325. The number of amides is 2. The summed E-state index contributed by atoms with van der Waals surface area (Å²) in [6, 6.07) is 14.6. The van der Waals surface area contributed by atoms with Crippen LogP contribution in [0.15, 0.2) is 48.5 Å². The van der Waals surface area contributed by atoms with Gasteiger partial charge < -0.3 is 25.2 Å². The highest BCUT2D eigenvalue weighted by molar-refractivity contribution is 5.89. The Hall–Kier alpha value is -2.57. The molecule has 134 valence electrons. The SMILES string of the molecule is COc1ccc(NC(=O)NC[C@@H](OCCO)c2ccc(C)cc2)cc1. The number of urea groups is 1. The van der Waals surface area contributed by atoms with E-state index in [0.29, 0.717) is 12.2 Å². The zero-order chi connectivity index (χ0) is 18.1. The van der Waals surface area contributed by atoms with E-state index in [1.165, 1.54) is 0 Å². The normalized spacial score (nSPS) is 11.6. The van der Waals surface area contributed by atoms with E-state index in [4.69, 9.17) is 14.6 Å². The fourth-order valence-corrected chi connectivity index (χ4v) is 2.28. The second kappa shape index (κ2) is 9.66. The van der Waals surface area contributed by atoms with Crippen molar-refractivity contribution in [2.24, 2.45) is 0 Å². The van der Waals surface area contributed by atoms with Gasteiger partial charge in [-0.05, 0) is 36.8 Å². The summed E-state index contributed by atoms with van der Waals surface area (Å²) in [5.41, 5.74) is 2.76. The van der Waals surface area contributed by atoms with Crippen LogP contribution in [0.4, 0.5) is 10.5 Å². The highest BCUT2D eigenvalue weighted by atomic mass is 16.5. The van der Waals surface area contributed by atoms with Crippen LogP contribution in [-0.2, 0) is 4.74 Å². The maximum atomic E-state index is 12.1. The molecule has 6 heteroatoms. The highest BCUT2D eigenvalue weighted by Crippen LogP contribution is 2.18. The number of hydrogen-bond acceptors (Lipinski definition) is 4. The Morgan fingerprint density at radius 2 is 1.80 bits per heavy atom. The Morgan fingerprint density at radius 3 is 2.40 bits per heavy atom. The number of rotatable bonds is 8. The van der Waals surface area contributed by atoms with E-state index in [2.05, 4.69) is 10.6 Å². The van der Waals surface area contributed by atoms with Crippen molar-refractivity contribution < 1.29 is 19.4 Å². The number of anilines is 1. The Balaban J connectivity index is 1.91. The third-order valence-electron chi connectivity index (χ3n) is 3.66. The van der Waals surface area contributed by atoms with E-state index in [-0.39, 0.29) is 25.3 Å². The number of carbonyl (C=O) groups is 1. The van der Waals surface area contributed by atoms with Gasteiger partial charge in [0.1, 0.15) is 5.75 Å². The highest BCUT2D eigenvalue weighted by Gasteiger charge is 2.13. The lowest BCUT2D eigenvalue weighted by Gasteiger charge is -2.19. The Morgan fingerprint density at radius 1 is 1.12 bits per heavy atom. The smallest absolute Gasteiger partial charge is 0.319 e. The molecule has 2 rings (SSSR count). The molecule has 0 spiro atoms. The predicted octanol–water partition coefficient (Wildman–Crippen LogP) is 2.88. The first-order valence-corrected chi connectivity index (χ1v) is 8.10. The average Bonchev–Trinajstić information content (AvgIpc) is 2.63. The summed E-state index contributed by atoms with van der Waals surface area (Å²) in [7, 11) is 1.59. The molecule has 2 aromatic carbocycles. The topological polar surface area (TPSA) is 79.8 Å². The van der Waals surface area contributed by atoms with Crippen molar-refractivity contribution in [2.45, 2.75) is 13.0 Å². The molecule has 3 N–H and O–H groups in total. The lowest BCUT2D eigenvalue weighted by atomic mass is 10.1. The molecule has 0 fully saturated rings. The molecule has 0 saturated carbocycles. The third-order valence-corrected chi connectivity index (χ3v) is 3.66. The first kappa shape index (κ1) is 18.8. The van der Waals surface area contributed by atoms with Gasteiger partial charge in [0.2, 0.25) is 0 Å². The molecule has 0 heterocycles. The number of methoxy groups -OCH3 is 1. The molecule has 25 heavy (non-hydrogen) atoms. The Kier molecular flexibility index (Phi) is 7.25. The minimum absolute atomic E-state index is 0.0690. The van der Waals surface area contributed by atoms with Crippen molar-refractivity contribution in [1.29, 1.82) is 0 Å². The van der Waals surface area contributed by atoms with Gasteiger partial charge in [-0.2, -0.15) is 0 Å². The maximum Gasteiger partial charge on any atom is 0.319 e. The zero-order valence-electron chi connectivity index (χ0n) is 14.5. The van der Waals surface area contributed by atoms with Crippen LogP contribution in [-0.4, -0.2) is 38.0 Å². The van der Waals surface area contributed by atoms with Gasteiger partial charge in [0.15, 0.2) is 0 Å². The van der Waals surface area contributed by atoms with Crippen molar-refractivity contribution in [3.8, 4) is 5.75 Å².